The topological polar surface area (TPSA) is 15.3 Å². The molecule has 1 atom stereocenters. The van der Waals surface area contributed by atoms with Crippen molar-refractivity contribution in [3.05, 3.63) is 0 Å². The molecule has 0 aromatic heterocycles. The van der Waals surface area contributed by atoms with E-state index in [4.69, 9.17) is 0 Å². The van der Waals surface area contributed by atoms with Gasteiger partial charge in [0.05, 0.1) is 0 Å². The van der Waals surface area contributed by atoms with Gasteiger partial charge < -0.3 is 10.2 Å². The lowest BCUT2D eigenvalue weighted by Gasteiger charge is -2.32. The van der Waals surface area contributed by atoms with Gasteiger partial charge in [-0.3, -0.25) is 0 Å². The number of nitrogens with zero attached hydrogens (tertiary/aromatic N) is 1. The van der Waals surface area contributed by atoms with Crippen LogP contribution in [0.5, 0.6) is 0 Å². The van der Waals surface area contributed by atoms with Crippen LogP contribution in [0.15, 0.2) is 0 Å². The molecule has 0 amide bonds. The van der Waals surface area contributed by atoms with E-state index in [1.54, 1.807) is 0 Å². The van der Waals surface area contributed by atoms with E-state index in [0.717, 1.165) is 0 Å². The number of hydrogen-bond acceptors (Lipinski definition) is 2. The summed E-state index contributed by atoms with van der Waals surface area (Å²) in [6, 6.07) is 1.25. The van der Waals surface area contributed by atoms with E-state index in [1.807, 2.05) is 0 Å². The molecule has 1 N–H and O–H groups in total. The molecular formula is C12H28N2. The van der Waals surface area contributed by atoms with Crippen LogP contribution in [0.3, 0.4) is 0 Å². The Morgan fingerprint density at radius 1 is 1.21 bits per heavy atom. The van der Waals surface area contributed by atoms with E-state index in [9.17, 15) is 0 Å². The van der Waals surface area contributed by atoms with E-state index in [2.05, 4.69) is 58.9 Å². The van der Waals surface area contributed by atoms with Crippen molar-refractivity contribution < 1.29 is 0 Å². The van der Waals surface area contributed by atoms with Gasteiger partial charge in [-0.15, -0.1) is 0 Å². The third-order valence-electron chi connectivity index (χ3n) is 3.05. The van der Waals surface area contributed by atoms with Crippen molar-refractivity contribution >= 4 is 0 Å². The first-order valence-electron chi connectivity index (χ1n) is 5.66. The second kappa shape index (κ2) is 5.72. The van der Waals surface area contributed by atoms with Gasteiger partial charge in [-0.1, -0.05) is 20.8 Å². The van der Waals surface area contributed by atoms with Crippen LogP contribution < -0.4 is 5.32 Å². The lowest BCUT2D eigenvalue weighted by Crippen LogP contribution is -2.41. The van der Waals surface area contributed by atoms with Crippen molar-refractivity contribution in [3.63, 3.8) is 0 Å². The van der Waals surface area contributed by atoms with Gasteiger partial charge in [-0.25, -0.2) is 0 Å². The normalized spacial score (nSPS) is 15.2. The maximum absolute atomic E-state index is 3.41. The van der Waals surface area contributed by atoms with Crippen molar-refractivity contribution in [2.24, 2.45) is 5.41 Å². The average Bonchev–Trinajstić information content (AvgIpc) is 2.02. The summed E-state index contributed by atoms with van der Waals surface area (Å²) in [5, 5.41) is 3.41. The molecule has 0 aliphatic rings. The Morgan fingerprint density at radius 2 is 1.71 bits per heavy atom. The zero-order valence-electron chi connectivity index (χ0n) is 11.0. The summed E-state index contributed by atoms with van der Waals surface area (Å²) >= 11 is 0. The highest BCUT2D eigenvalue weighted by molar-refractivity contribution is 4.80. The standard InChI is InChI=1S/C12H28N2/c1-10(2)14(7)9-8-11(13-6)12(3,4)5/h10-11,13H,8-9H2,1-7H3. The highest BCUT2D eigenvalue weighted by Crippen LogP contribution is 2.21. The minimum atomic E-state index is 0.354. The van der Waals surface area contributed by atoms with Crippen LogP contribution in [0.25, 0.3) is 0 Å². The molecular weight excluding hydrogens is 172 g/mol. The van der Waals surface area contributed by atoms with Crippen LogP contribution in [0.4, 0.5) is 0 Å². The summed E-state index contributed by atoms with van der Waals surface area (Å²) in [4.78, 5) is 2.40. The maximum Gasteiger partial charge on any atom is 0.0125 e. The predicted octanol–water partition coefficient (Wildman–Crippen LogP) is 2.35. The summed E-state index contributed by atoms with van der Waals surface area (Å²) in [5.74, 6) is 0. The molecule has 2 nitrogen and oxygen atoms in total. The smallest absolute Gasteiger partial charge is 0.0125 e. The number of nitrogens with one attached hydrogen (secondary N) is 1. The molecule has 0 rings (SSSR count). The molecule has 0 aliphatic heterocycles. The molecule has 0 saturated carbocycles. The molecule has 0 radical (unpaired) electrons. The van der Waals surface area contributed by atoms with Gasteiger partial charge in [0.25, 0.3) is 0 Å². The quantitative estimate of drug-likeness (QED) is 0.733. The second-order valence-electron chi connectivity index (χ2n) is 5.57. The third-order valence-corrected chi connectivity index (χ3v) is 3.05. The van der Waals surface area contributed by atoms with Crippen LogP contribution >= 0.6 is 0 Å². The molecule has 2 heteroatoms. The summed E-state index contributed by atoms with van der Waals surface area (Å²) in [5.41, 5.74) is 0.354. The Kier molecular flexibility index (Phi) is 5.68. The van der Waals surface area contributed by atoms with Gasteiger partial charge in [0, 0.05) is 12.1 Å². The van der Waals surface area contributed by atoms with Crippen LogP contribution in [-0.4, -0.2) is 37.6 Å². The minimum Gasteiger partial charge on any atom is -0.316 e. The first-order chi connectivity index (χ1) is 6.29. The van der Waals surface area contributed by atoms with Crippen molar-refractivity contribution in [2.75, 3.05) is 20.6 Å². The molecule has 14 heavy (non-hydrogen) atoms. The van der Waals surface area contributed by atoms with Crippen LogP contribution in [0.1, 0.15) is 41.0 Å². The van der Waals surface area contributed by atoms with Crippen molar-refractivity contribution in [1.82, 2.24) is 10.2 Å². The zero-order chi connectivity index (χ0) is 11.4. The van der Waals surface area contributed by atoms with Crippen molar-refractivity contribution in [2.45, 2.75) is 53.1 Å². The molecule has 0 aliphatic carbocycles. The van der Waals surface area contributed by atoms with Gasteiger partial charge in [-0.2, -0.15) is 0 Å². The lowest BCUT2D eigenvalue weighted by atomic mass is 9.85. The molecule has 0 saturated heterocycles. The van der Waals surface area contributed by atoms with Gasteiger partial charge in [0.2, 0.25) is 0 Å². The van der Waals surface area contributed by atoms with Gasteiger partial charge in [0.15, 0.2) is 0 Å². The molecule has 0 aromatic carbocycles. The van der Waals surface area contributed by atoms with Crippen LogP contribution in [0, 0.1) is 5.41 Å². The Morgan fingerprint density at radius 3 is 2.00 bits per heavy atom. The largest absolute Gasteiger partial charge is 0.316 e. The van der Waals surface area contributed by atoms with E-state index < -0.39 is 0 Å². The predicted molar refractivity (Wildman–Crippen MR) is 64.7 cm³/mol. The van der Waals surface area contributed by atoms with E-state index >= 15 is 0 Å². The molecule has 1 unspecified atom stereocenters. The minimum absolute atomic E-state index is 0.354. The first kappa shape index (κ1) is 13.9. The van der Waals surface area contributed by atoms with Crippen molar-refractivity contribution in [1.29, 1.82) is 0 Å². The molecule has 0 bridgehead atoms. The second-order valence-corrected chi connectivity index (χ2v) is 5.57. The zero-order valence-corrected chi connectivity index (χ0v) is 11.0. The Hall–Kier alpha value is -0.0800. The highest BCUT2D eigenvalue weighted by Gasteiger charge is 2.22. The first-order valence-corrected chi connectivity index (χ1v) is 5.66. The third kappa shape index (κ3) is 4.97. The fourth-order valence-electron chi connectivity index (χ4n) is 1.60. The molecule has 0 fully saturated rings. The summed E-state index contributed by atoms with van der Waals surface area (Å²) in [6.07, 6.45) is 1.22. The van der Waals surface area contributed by atoms with E-state index in [-0.39, 0.29) is 0 Å². The highest BCUT2D eigenvalue weighted by atomic mass is 15.1. The summed E-state index contributed by atoms with van der Waals surface area (Å²) in [7, 11) is 4.26. The Balaban J connectivity index is 3.97. The fraction of sp³-hybridized carbons (Fsp3) is 1.00. The molecule has 0 heterocycles. The SMILES string of the molecule is CNC(CCN(C)C(C)C)C(C)(C)C. The van der Waals surface area contributed by atoms with Gasteiger partial charge >= 0.3 is 0 Å². The van der Waals surface area contributed by atoms with Gasteiger partial charge in [-0.05, 0) is 46.3 Å². The van der Waals surface area contributed by atoms with E-state index in [0.29, 0.717) is 17.5 Å². The molecule has 0 aromatic rings. The summed E-state index contributed by atoms with van der Waals surface area (Å²) < 4.78 is 0. The maximum atomic E-state index is 3.41. The Bertz CT molecular complexity index is 147. The Labute approximate surface area is 90.1 Å². The summed E-state index contributed by atoms with van der Waals surface area (Å²) in [6.45, 7) is 12.5. The van der Waals surface area contributed by atoms with E-state index in [1.165, 1.54) is 13.0 Å². The monoisotopic (exact) mass is 200 g/mol. The van der Waals surface area contributed by atoms with Crippen molar-refractivity contribution in [3.8, 4) is 0 Å². The van der Waals surface area contributed by atoms with Crippen LogP contribution in [0.2, 0.25) is 0 Å². The molecule has 0 spiro atoms. The number of rotatable bonds is 5. The van der Waals surface area contributed by atoms with Gasteiger partial charge in [0.1, 0.15) is 0 Å². The number of hydrogen-bond donors (Lipinski definition) is 1. The lowest BCUT2D eigenvalue weighted by molar-refractivity contribution is 0.210. The average molecular weight is 200 g/mol. The van der Waals surface area contributed by atoms with Crippen LogP contribution in [-0.2, 0) is 0 Å². The fourth-order valence-corrected chi connectivity index (χ4v) is 1.60. The molecule has 86 valence electrons.